The van der Waals surface area contributed by atoms with E-state index in [1.165, 1.54) is 0 Å². The van der Waals surface area contributed by atoms with Crippen LogP contribution in [0.15, 0.2) is 24.5 Å². The molecule has 0 aliphatic carbocycles. The molecule has 0 aliphatic rings. The van der Waals surface area contributed by atoms with E-state index in [0.717, 1.165) is 16.9 Å². The highest BCUT2D eigenvalue weighted by Gasteiger charge is 2.19. The average molecular weight is 300 g/mol. The van der Waals surface area contributed by atoms with Crippen LogP contribution in [0.5, 0.6) is 0 Å². The molecule has 0 unspecified atom stereocenters. The number of carbonyl (C=O) groups is 1. The van der Waals surface area contributed by atoms with E-state index in [1.54, 1.807) is 12.4 Å². The van der Waals surface area contributed by atoms with Crippen LogP contribution in [0.2, 0.25) is 0 Å². The summed E-state index contributed by atoms with van der Waals surface area (Å²) in [5.74, 6) is 0.668. The number of aromatic nitrogens is 3. The number of alkyl carbamates (subject to hydrolysis) is 1. The van der Waals surface area contributed by atoms with E-state index in [9.17, 15) is 4.79 Å². The van der Waals surface area contributed by atoms with Crippen molar-refractivity contribution in [3.63, 3.8) is 0 Å². The molecule has 0 aromatic carbocycles. The number of rotatable bonds is 3. The fourth-order valence-corrected chi connectivity index (χ4v) is 1.88. The van der Waals surface area contributed by atoms with Crippen molar-refractivity contribution >= 4 is 19.5 Å². The van der Waals surface area contributed by atoms with Gasteiger partial charge in [-0.15, -0.1) is 0 Å². The molecule has 2 rings (SSSR count). The molecule has 116 valence electrons. The fourth-order valence-electron chi connectivity index (χ4n) is 1.88. The Hall–Kier alpha value is -2.31. The normalized spacial score (nSPS) is 12.7. The fraction of sp³-hybridized carbons (Fsp3) is 0.400. The van der Waals surface area contributed by atoms with Crippen molar-refractivity contribution in [3.8, 4) is 11.3 Å². The van der Waals surface area contributed by atoms with Gasteiger partial charge in [0.15, 0.2) is 7.85 Å². The molecule has 0 aliphatic heterocycles. The maximum Gasteiger partial charge on any atom is 0.408 e. The minimum atomic E-state index is -0.522. The second-order valence-electron chi connectivity index (χ2n) is 6.24. The summed E-state index contributed by atoms with van der Waals surface area (Å²) in [6.45, 7) is 7.33. The molecule has 0 saturated heterocycles. The molecule has 22 heavy (non-hydrogen) atoms. The van der Waals surface area contributed by atoms with E-state index in [4.69, 9.17) is 4.74 Å². The molecule has 0 saturated carbocycles. The summed E-state index contributed by atoms with van der Waals surface area (Å²) in [6, 6.07) is 3.64. The molecule has 2 aromatic heterocycles. The summed E-state index contributed by atoms with van der Waals surface area (Å²) in [6.07, 6.45) is 3.06. The number of amides is 1. The third-order valence-electron chi connectivity index (χ3n) is 2.96. The monoisotopic (exact) mass is 300 g/mol. The Morgan fingerprint density at radius 3 is 2.64 bits per heavy atom. The summed E-state index contributed by atoms with van der Waals surface area (Å²) in [4.78, 5) is 23.5. The Labute approximate surface area is 131 Å². The molecular formula is C15H21BN4O2. The third kappa shape index (κ3) is 4.34. The number of H-pyrrole nitrogens is 1. The largest absolute Gasteiger partial charge is 0.444 e. The van der Waals surface area contributed by atoms with Crippen molar-refractivity contribution in [2.24, 2.45) is 0 Å². The van der Waals surface area contributed by atoms with Gasteiger partial charge < -0.3 is 15.0 Å². The molecule has 7 heteroatoms. The van der Waals surface area contributed by atoms with Gasteiger partial charge >= 0.3 is 6.09 Å². The van der Waals surface area contributed by atoms with Crippen molar-refractivity contribution in [1.82, 2.24) is 20.3 Å². The van der Waals surface area contributed by atoms with Crippen molar-refractivity contribution < 1.29 is 9.53 Å². The van der Waals surface area contributed by atoms with Crippen LogP contribution in [0, 0.1) is 0 Å². The van der Waals surface area contributed by atoms with Gasteiger partial charge in [-0.3, -0.25) is 4.98 Å². The second-order valence-corrected chi connectivity index (χ2v) is 6.24. The summed E-state index contributed by atoms with van der Waals surface area (Å²) in [7, 11) is 1.94. The van der Waals surface area contributed by atoms with Crippen LogP contribution in [-0.2, 0) is 4.74 Å². The predicted molar refractivity (Wildman–Crippen MR) is 87.8 cm³/mol. The summed E-state index contributed by atoms with van der Waals surface area (Å²) in [5, 5.41) is 2.76. The number of hydrogen-bond donors (Lipinski definition) is 2. The van der Waals surface area contributed by atoms with Crippen LogP contribution >= 0.6 is 0 Å². The Morgan fingerprint density at radius 2 is 2.05 bits per heavy atom. The first kappa shape index (κ1) is 16.1. The Bertz CT molecular complexity index is 646. The zero-order valence-corrected chi connectivity index (χ0v) is 13.6. The number of imidazole rings is 1. The average Bonchev–Trinajstić information content (AvgIpc) is 2.86. The van der Waals surface area contributed by atoms with Crippen molar-refractivity contribution in [1.29, 1.82) is 0 Å². The van der Waals surface area contributed by atoms with E-state index >= 15 is 0 Å². The van der Waals surface area contributed by atoms with Crippen molar-refractivity contribution in [3.05, 3.63) is 30.4 Å². The van der Waals surface area contributed by atoms with Gasteiger partial charge in [0.1, 0.15) is 11.4 Å². The quantitative estimate of drug-likeness (QED) is 0.838. The number of carbonyl (C=O) groups excluding carboxylic acids is 1. The molecule has 0 fully saturated rings. The molecule has 1 atom stereocenters. The molecule has 0 bridgehead atoms. The van der Waals surface area contributed by atoms with Gasteiger partial charge in [-0.25, -0.2) is 9.78 Å². The van der Waals surface area contributed by atoms with Crippen LogP contribution in [0.25, 0.3) is 11.3 Å². The topological polar surface area (TPSA) is 79.9 Å². The third-order valence-corrected chi connectivity index (χ3v) is 2.96. The van der Waals surface area contributed by atoms with E-state index in [-0.39, 0.29) is 6.04 Å². The van der Waals surface area contributed by atoms with Gasteiger partial charge in [-0.1, -0.05) is 12.1 Å². The second kappa shape index (κ2) is 6.21. The maximum absolute atomic E-state index is 11.8. The number of ether oxygens (including phenoxy) is 1. The van der Waals surface area contributed by atoms with E-state index in [0.29, 0.717) is 5.82 Å². The lowest BCUT2D eigenvalue weighted by molar-refractivity contribution is 0.0506. The number of nitrogens with one attached hydrogen (secondary N) is 2. The van der Waals surface area contributed by atoms with Crippen molar-refractivity contribution in [2.45, 2.75) is 39.3 Å². The lowest BCUT2D eigenvalue weighted by atomic mass is 10.0. The molecule has 1 amide bonds. The van der Waals surface area contributed by atoms with Gasteiger partial charge in [0.2, 0.25) is 0 Å². The Kier molecular flexibility index (Phi) is 4.54. The molecular weight excluding hydrogens is 279 g/mol. The summed E-state index contributed by atoms with van der Waals surface area (Å²) >= 11 is 0. The lowest BCUT2D eigenvalue weighted by Crippen LogP contribution is -2.34. The first-order valence-electron chi connectivity index (χ1n) is 7.22. The lowest BCUT2D eigenvalue weighted by Gasteiger charge is -2.21. The number of nitrogens with zero attached hydrogens (tertiary/aromatic N) is 2. The van der Waals surface area contributed by atoms with Gasteiger partial charge in [0.25, 0.3) is 0 Å². The Morgan fingerprint density at radius 1 is 1.32 bits per heavy atom. The summed E-state index contributed by atoms with van der Waals surface area (Å²) < 4.78 is 5.23. The van der Waals surface area contributed by atoms with E-state index in [1.807, 2.05) is 47.7 Å². The zero-order chi connectivity index (χ0) is 16.3. The molecule has 6 nitrogen and oxygen atoms in total. The number of hydrogen-bond acceptors (Lipinski definition) is 4. The molecule has 2 aromatic rings. The summed E-state index contributed by atoms with van der Waals surface area (Å²) in [5.41, 5.74) is 2.25. The standard InChI is InChI=1S/C15H21BN4O2/c1-9(19-14(21)22-15(2,3)4)13-18-8-11(20-13)10-5-6-12(16)17-7-10/h5-9H,16H2,1-4H3,(H,18,20)(H,19,21)/t9-/m0/s1. The van der Waals surface area contributed by atoms with Crippen LogP contribution in [-0.4, -0.2) is 34.5 Å². The van der Waals surface area contributed by atoms with Crippen LogP contribution in [0.1, 0.15) is 39.6 Å². The van der Waals surface area contributed by atoms with Gasteiger partial charge in [0, 0.05) is 11.8 Å². The SMILES string of the molecule is Bc1ccc(-c2cnc([C@H](C)NC(=O)OC(C)(C)C)[nH]2)cn1. The van der Waals surface area contributed by atoms with E-state index in [2.05, 4.69) is 20.3 Å². The Balaban J connectivity index is 2.04. The molecule has 0 spiro atoms. The van der Waals surface area contributed by atoms with Crippen LogP contribution in [0.4, 0.5) is 4.79 Å². The minimum Gasteiger partial charge on any atom is -0.444 e. The predicted octanol–water partition coefficient (Wildman–Crippen LogP) is 1.32. The minimum absolute atomic E-state index is 0.276. The smallest absolute Gasteiger partial charge is 0.408 e. The molecule has 2 heterocycles. The first-order chi connectivity index (χ1) is 10.2. The number of pyridine rings is 1. The van der Waals surface area contributed by atoms with Crippen LogP contribution in [0.3, 0.4) is 0 Å². The maximum atomic E-state index is 11.8. The van der Waals surface area contributed by atoms with Crippen LogP contribution < -0.4 is 10.9 Å². The van der Waals surface area contributed by atoms with Gasteiger partial charge in [-0.2, -0.15) is 0 Å². The van der Waals surface area contributed by atoms with Gasteiger partial charge in [-0.05, 0) is 33.3 Å². The van der Waals surface area contributed by atoms with Gasteiger partial charge in [0.05, 0.1) is 17.9 Å². The highest BCUT2D eigenvalue weighted by atomic mass is 16.6. The molecule has 0 radical (unpaired) electrons. The number of aromatic amines is 1. The molecule has 2 N–H and O–H groups in total. The highest BCUT2D eigenvalue weighted by Crippen LogP contribution is 2.18. The first-order valence-corrected chi connectivity index (χ1v) is 7.22. The highest BCUT2D eigenvalue weighted by molar-refractivity contribution is 6.30. The zero-order valence-electron chi connectivity index (χ0n) is 13.6. The van der Waals surface area contributed by atoms with E-state index < -0.39 is 11.7 Å². The van der Waals surface area contributed by atoms with Crippen molar-refractivity contribution in [2.75, 3.05) is 0 Å².